The second-order valence-corrected chi connectivity index (χ2v) is 6.69. The van der Waals surface area contributed by atoms with Gasteiger partial charge in [-0.2, -0.15) is 0 Å². The first-order valence-corrected chi connectivity index (χ1v) is 8.79. The summed E-state index contributed by atoms with van der Waals surface area (Å²) in [5.74, 6) is 0.0282. The maximum absolute atomic E-state index is 12.6. The van der Waals surface area contributed by atoms with Crippen LogP contribution in [0.25, 0.3) is 0 Å². The summed E-state index contributed by atoms with van der Waals surface area (Å²) >= 11 is 0. The third kappa shape index (κ3) is 3.79. The average Bonchev–Trinajstić information content (AvgIpc) is 3.15. The van der Waals surface area contributed by atoms with Crippen molar-refractivity contribution >= 4 is 19.0 Å². The van der Waals surface area contributed by atoms with Crippen LogP contribution in [0.1, 0.15) is 31.4 Å². The Morgan fingerprint density at radius 2 is 2.36 bits per heavy atom. The van der Waals surface area contributed by atoms with Crippen LogP contribution in [-0.2, 0) is 14.3 Å². The summed E-state index contributed by atoms with van der Waals surface area (Å²) in [6, 6.07) is 3.43. The number of carbonyl (C=O) groups excluding carboxylic acids is 2. The number of nitrogens with one attached hydrogen (secondary N) is 1. The van der Waals surface area contributed by atoms with Crippen LogP contribution in [-0.4, -0.2) is 65.9 Å². The van der Waals surface area contributed by atoms with E-state index in [4.69, 9.17) is 0 Å². The molecule has 2 unspecified atom stereocenters. The zero-order valence-electron chi connectivity index (χ0n) is 14.4. The van der Waals surface area contributed by atoms with E-state index in [9.17, 15) is 14.3 Å². The van der Waals surface area contributed by atoms with Crippen molar-refractivity contribution in [2.24, 2.45) is 5.92 Å². The van der Waals surface area contributed by atoms with Crippen molar-refractivity contribution in [3.8, 4) is 0 Å². The van der Waals surface area contributed by atoms with E-state index in [-0.39, 0.29) is 42.8 Å². The van der Waals surface area contributed by atoms with Crippen LogP contribution in [0.4, 0.5) is 0 Å². The van der Waals surface area contributed by atoms with Crippen molar-refractivity contribution < 1.29 is 14.3 Å². The molecule has 0 bridgehead atoms. The molecule has 3 rings (SSSR count). The van der Waals surface area contributed by atoms with Crippen LogP contribution in [0.3, 0.4) is 0 Å². The Morgan fingerprint density at radius 3 is 3.04 bits per heavy atom. The summed E-state index contributed by atoms with van der Waals surface area (Å²) in [4.78, 5) is 32.7. The van der Waals surface area contributed by atoms with E-state index in [0.717, 1.165) is 32.1 Å². The molecule has 1 aromatic heterocycles. The Morgan fingerprint density at radius 1 is 1.52 bits per heavy atom. The normalized spacial score (nSPS) is 24.0. The van der Waals surface area contributed by atoms with Gasteiger partial charge in [-0.25, -0.2) is 0 Å². The van der Waals surface area contributed by atoms with Crippen LogP contribution in [0, 0.1) is 5.92 Å². The van der Waals surface area contributed by atoms with Gasteiger partial charge in [0.2, 0.25) is 0 Å². The van der Waals surface area contributed by atoms with Crippen molar-refractivity contribution in [3.63, 3.8) is 0 Å². The number of amides is 2. The Bertz CT molecular complexity index is 642. The molecule has 1 N–H and O–H groups in total. The molecule has 1 aromatic rings. The number of rotatable bonds is 7. The Labute approximate surface area is 148 Å². The van der Waals surface area contributed by atoms with Gasteiger partial charge in [0.1, 0.15) is 0 Å². The summed E-state index contributed by atoms with van der Waals surface area (Å²) in [5, 5.41) is 2.99. The molecule has 3 heterocycles. The summed E-state index contributed by atoms with van der Waals surface area (Å²) in [6.45, 7) is 3.44. The molecule has 0 saturated carbocycles. The van der Waals surface area contributed by atoms with Crippen molar-refractivity contribution in [3.05, 3.63) is 30.1 Å². The van der Waals surface area contributed by atoms with E-state index in [2.05, 4.69) is 10.3 Å². The molecule has 2 amide bonds. The van der Waals surface area contributed by atoms with Gasteiger partial charge in [0.25, 0.3) is 0 Å². The molecular weight excluding hydrogens is 319 g/mol. The van der Waals surface area contributed by atoms with Gasteiger partial charge in [-0.3, -0.25) is 0 Å². The third-order valence-corrected chi connectivity index (χ3v) is 5.12. The van der Waals surface area contributed by atoms with Gasteiger partial charge in [-0.15, -0.1) is 0 Å². The van der Waals surface area contributed by atoms with Crippen LogP contribution in [0.2, 0.25) is 0 Å². The molecule has 132 valence electrons. The number of fused-ring (bicyclic) bond motifs is 1. The van der Waals surface area contributed by atoms with Gasteiger partial charge in [-0.1, -0.05) is 0 Å². The number of hydrogen-bond acceptors (Lipinski definition) is 5. The number of nitrogens with zero attached hydrogens (tertiary/aromatic N) is 3. The fraction of sp³-hybridized carbons (Fsp3) is 0.588. The first kappa shape index (κ1) is 17.7. The molecule has 2 saturated heterocycles. The van der Waals surface area contributed by atoms with Crippen LogP contribution in [0.5, 0.6) is 0 Å². The number of carbonyl (C=O) groups is 2. The minimum atomic E-state index is -0.238. The molecule has 8 heteroatoms. The molecule has 2 aliphatic heterocycles. The van der Waals surface area contributed by atoms with Crippen molar-refractivity contribution in [1.29, 1.82) is 0 Å². The van der Waals surface area contributed by atoms with E-state index in [1.165, 1.54) is 0 Å². The molecule has 0 aromatic carbocycles. The molecule has 3 atom stereocenters. The topological polar surface area (TPSA) is 82.6 Å². The first-order valence-electron chi connectivity index (χ1n) is 8.79. The van der Waals surface area contributed by atoms with Crippen molar-refractivity contribution in [2.45, 2.75) is 31.8 Å². The van der Waals surface area contributed by atoms with E-state index in [1.54, 1.807) is 17.3 Å². The SMILES string of the molecule is CC[C@H](NC(=O)CN1CC2CCN(CB=O)C2C1=O)c1cccnc1. The molecule has 0 radical (unpaired) electrons. The van der Waals surface area contributed by atoms with Crippen molar-refractivity contribution in [2.75, 3.05) is 26.1 Å². The van der Waals surface area contributed by atoms with Gasteiger partial charge < -0.3 is 0 Å². The molecule has 2 aliphatic rings. The second-order valence-electron chi connectivity index (χ2n) is 6.69. The molecule has 0 spiro atoms. The zero-order chi connectivity index (χ0) is 17.8. The third-order valence-electron chi connectivity index (χ3n) is 5.12. The molecule has 7 nitrogen and oxygen atoms in total. The van der Waals surface area contributed by atoms with E-state index in [0.29, 0.717) is 6.54 Å². The number of likely N-dealkylation sites (tertiary alicyclic amines) is 2. The Kier molecular flexibility index (Phi) is 5.58. The van der Waals surface area contributed by atoms with Crippen LogP contribution >= 0.6 is 0 Å². The Balaban J connectivity index is 1.58. The molecule has 25 heavy (non-hydrogen) atoms. The van der Waals surface area contributed by atoms with Gasteiger partial charge >= 0.3 is 141 Å². The quantitative estimate of drug-likeness (QED) is 0.716. The summed E-state index contributed by atoms with van der Waals surface area (Å²) < 4.78 is 10.8. The predicted molar refractivity (Wildman–Crippen MR) is 91.9 cm³/mol. The van der Waals surface area contributed by atoms with Gasteiger partial charge in [0.05, 0.1) is 0 Å². The van der Waals surface area contributed by atoms with Gasteiger partial charge in [0, 0.05) is 6.20 Å². The van der Waals surface area contributed by atoms with Crippen LogP contribution in [0.15, 0.2) is 24.5 Å². The number of pyridine rings is 1. The number of aromatic nitrogens is 1. The van der Waals surface area contributed by atoms with E-state index in [1.807, 2.05) is 24.0 Å². The summed E-state index contributed by atoms with van der Waals surface area (Å²) in [7, 11) is 0.838. The zero-order valence-corrected chi connectivity index (χ0v) is 14.4. The standard InChI is InChI=1S/C17H23BN4O3/c1-2-14(12-4-3-6-19-8-12)20-15(23)10-22-9-13-5-7-21(11-18-25)16(13)17(22)24/h3-4,6,8,13-14,16H,2,5,7,9-11H2,1H3,(H,20,23)/t13?,14-,16?/m0/s1. The fourth-order valence-corrected chi connectivity index (χ4v) is 3.90. The average molecular weight is 342 g/mol. The summed E-state index contributed by atoms with van der Waals surface area (Å²) in [6.07, 6.45) is 5.38. The second kappa shape index (κ2) is 7.86. The van der Waals surface area contributed by atoms with Gasteiger partial charge in [-0.05, 0) is 0 Å². The van der Waals surface area contributed by atoms with Crippen LogP contribution < -0.4 is 5.32 Å². The maximum atomic E-state index is 12.6. The van der Waals surface area contributed by atoms with E-state index >= 15 is 0 Å². The first-order chi connectivity index (χ1) is 12.1. The minimum absolute atomic E-state index is 0.0334. The molecule has 2 fully saturated rings. The summed E-state index contributed by atoms with van der Waals surface area (Å²) in [5.41, 5.74) is 0.958. The molecule has 0 aliphatic carbocycles. The fourth-order valence-electron chi connectivity index (χ4n) is 3.90. The van der Waals surface area contributed by atoms with E-state index < -0.39 is 0 Å². The number of hydrogen-bond donors (Lipinski definition) is 1. The molecular formula is C17H23BN4O3. The monoisotopic (exact) mass is 342 g/mol. The van der Waals surface area contributed by atoms with Gasteiger partial charge in [0.15, 0.2) is 0 Å². The Hall–Kier alpha value is -2.09. The van der Waals surface area contributed by atoms with Crippen molar-refractivity contribution in [1.82, 2.24) is 20.1 Å². The predicted octanol–water partition coefficient (Wildman–Crippen LogP) is 0.189.